The van der Waals surface area contributed by atoms with Crippen LogP contribution in [-0.4, -0.2) is 0 Å². The van der Waals surface area contributed by atoms with Gasteiger partial charge in [-0.25, -0.2) is 0 Å². The van der Waals surface area contributed by atoms with E-state index in [4.69, 9.17) is 0 Å². The number of rotatable bonds is 2. The van der Waals surface area contributed by atoms with Gasteiger partial charge in [0.15, 0.2) is 0 Å². The number of anilines is 1. The van der Waals surface area contributed by atoms with Crippen molar-refractivity contribution in [2.24, 2.45) is 0 Å². The number of aryl methyl sites for hydroxylation is 2. The van der Waals surface area contributed by atoms with Crippen molar-refractivity contribution >= 4 is 39.6 Å². The minimum Gasteiger partial charge on any atom is -0.378 e. The van der Waals surface area contributed by atoms with E-state index in [-0.39, 0.29) is 0 Å². The van der Waals surface area contributed by atoms with E-state index >= 15 is 0 Å². The van der Waals surface area contributed by atoms with Crippen LogP contribution in [0.15, 0.2) is 29.6 Å². The minimum absolute atomic E-state index is 0.499. The first-order valence-electron chi connectivity index (χ1n) is 6.33. The molecule has 0 radical (unpaired) electrons. The van der Waals surface area contributed by atoms with Crippen LogP contribution in [0.25, 0.3) is 0 Å². The Morgan fingerprint density at radius 1 is 1.33 bits per heavy atom. The molecule has 1 unspecified atom stereocenters. The topological polar surface area (TPSA) is 12.0 Å². The van der Waals surface area contributed by atoms with Gasteiger partial charge < -0.3 is 5.32 Å². The highest BCUT2D eigenvalue weighted by molar-refractivity contribution is 14.1. The maximum atomic E-state index is 3.69. The molecular weight excluding hydrogens is 353 g/mol. The third kappa shape index (κ3) is 2.43. The molecule has 0 spiro atoms. The Morgan fingerprint density at radius 2 is 2.22 bits per heavy atom. The Labute approximate surface area is 126 Å². The summed E-state index contributed by atoms with van der Waals surface area (Å²) in [5.41, 5.74) is 4.11. The minimum atomic E-state index is 0.499. The average Bonchev–Trinajstić information content (AvgIpc) is 2.83. The second-order valence-corrected chi connectivity index (χ2v) is 7.02. The first kappa shape index (κ1) is 12.5. The fraction of sp³-hybridized carbons (Fsp3) is 0.333. The van der Waals surface area contributed by atoms with Gasteiger partial charge in [0.25, 0.3) is 0 Å². The van der Waals surface area contributed by atoms with Crippen molar-refractivity contribution in [2.45, 2.75) is 32.2 Å². The largest absolute Gasteiger partial charge is 0.378 e. The molecule has 0 amide bonds. The first-order valence-corrected chi connectivity index (χ1v) is 8.29. The van der Waals surface area contributed by atoms with E-state index in [0.29, 0.717) is 6.04 Å². The maximum absolute atomic E-state index is 3.69. The monoisotopic (exact) mass is 369 g/mol. The van der Waals surface area contributed by atoms with Crippen LogP contribution in [0.2, 0.25) is 0 Å². The second kappa shape index (κ2) is 5.21. The van der Waals surface area contributed by atoms with Gasteiger partial charge in [0, 0.05) is 14.1 Å². The summed E-state index contributed by atoms with van der Waals surface area (Å²) >= 11 is 4.31. The zero-order valence-corrected chi connectivity index (χ0v) is 13.3. The van der Waals surface area contributed by atoms with E-state index < -0.39 is 0 Å². The molecule has 3 rings (SSSR count). The van der Waals surface area contributed by atoms with Crippen LogP contribution in [0.1, 0.15) is 34.9 Å². The van der Waals surface area contributed by atoms with Gasteiger partial charge in [-0.2, -0.15) is 0 Å². The number of halogens is 1. The van der Waals surface area contributed by atoms with Crippen LogP contribution in [0.5, 0.6) is 0 Å². The van der Waals surface area contributed by atoms with Crippen molar-refractivity contribution in [3.8, 4) is 0 Å². The molecule has 1 nitrogen and oxygen atoms in total. The number of thiophene rings is 1. The van der Waals surface area contributed by atoms with E-state index in [0.717, 1.165) is 0 Å². The third-order valence-corrected chi connectivity index (χ3v) is 5.72. The lowest BCUT2D eigenvalue weighted by Crippen LogP contribution is -2.15. The molecule has 94 valence electrons. The standard InChI is InChI=1S/C15H16INS/c1-10-5-6-11(9-13(10)16)17-14-3-2-4-15-12(14)7-8-18-15/h5-9,14,17H,2-4H2,1H3. The van der Waals surface area contributed by atoms with Crippen molar-refractivity contribution in [1.29, 1.82) is 0 Å². The molecule has 2 aromatic rings. The summed E-state index contributed by atoms with van der Waals surface area (Å²) in [5, 5.41) is 5.92. The van der Waals surface area contributed by atoms with Gasteiger partial charge in [-0.1, -0.05) is 6.07 Å². The number of hydrogen-bond acceptors (Lipinski definition) is 2. The molecule has 18 heavy (non-hydrogen) atoms. The van der Waals surface area contributed by atoms with Crippen molar-refractivity contribution in [1.82, 2.24) is 0 Å². The SMILES string of the molecule is Cc1ccc(NC2CCCc3sccc32)cc1I. The third-order valence-electron chi connectivity index (χ3n) is 3.56. The van der Waals surface area contributed by atoms with E-state index in [1.807, 2.05) is 11.3 Å². The number of nitrogens with one attached hydrogen (secondary N) is 1. The highest BCUT2D eigenvalue weighted by Gasteiger charge is 2.20. The van der Waals surface area contributed by atoms with E-state index in [9.17, 15) is 0 Å². The molecule has 1 aliphatic carbocycles. The molecule has 1 heterocycles. The Morgan fingerprint density at radius 3 is 3.06 bits per heavy atom. The number of benzene rings is 1. The highest BCUT2D eigenvalue weighted by Crippen LogP contribution is 2.35. The number of fused-ring (bicyclic) bond motifs is 1. The van der Waals surface area contributed by atoms with E-state index in [2.05, 4.69) is 64.5 Å². The van der Waals surface area contributed by atoms with E-state index in [1.165, 1.54) is 39.6 Å². The molecule has 1 N–H and O–H groups in total. The van der Waals surface area contributed by atoms with Gasteiger partial charge in [-0.15, -0.1) is 11.3 Å². The summed E-state index contributed by atoms with van der Waals surface area (Å²) in [6.45, 7) is 2.16. The van der Waals surface area contributed by atoms with Crippen molar-refractivity contribution in [2.75, 3.05) is 5.32 Å². The normalized spacial score (nSPS) is 18.4. The van der Waals surface area contributed by atoms with Crippen LogP contribution in [-0.2, 0) is 6.42 Å². The Hall–Kier alpha value is -0.550. The summed E-state index contributed by atoms with van der Waals surface area (Å²) in [7, 11) is 0. The number of hydrogen-bond donors (Lipinski definition) is 1. The molecular formula is C15H16INS. The Balaban J connectivity index is 1.84. The van der Waals surface area contributed by atoms with Gasteiger partial charge in [-0.05, 0) is 83.5 Å². The molecule has 0 saturated heterocycles. The summed E-state index contributed by atoms with van der Waals surface area (Å²) < 4.78 is 1.33. The Kier molecular flexibility index (Phi) is 3.61. The highest BCUT2D eigenvalue weighted by atomic mass is 127. The van der Waals surface area contributed by atoms with Crippen molar-refractivity contribution in [3.63, 3.8) is 0 Å². The lowest BCUT2D eigenvalue weighted by atomic mass is 9.94. The fourth-order valence-corrected chi connectivity index (χ4v) is 4.02. The van der Waals surface area contributed by atoms with Crippen LogP contribution >= 0.6 is 33.9 Å². The van der Waals surface area contributed by atoms with Gasteiger partial charge >= 0.3 is 0 Å². The van der Waals surface area contributed by atoms with Crippen molar-refractivity contribution < 1.29 is 0 Å². The Bertz CT molecular complexity index is 561. The zero-order valence-electron chi connectivity index (χ0n) is 10.4. The lowest BCUT2D eigenvalue weighted by Gasteiger charge is -2.25. The van der Waals surface area contributed by atoms with Gasteiger partial charge in [0.2, 0.25) is 0 Å². The van der Waals surface area contributed by atoms with Crippen LogP contribution < -0.4 is 5.32 Å². The predicted octanol–water partition coefficient (Wildman–Crippen LogP) is 5.15. The predicted molar refractivity (Wildman–Crippen MR) is 87.5 cm³/mol. The second-order valence-electron chi connectivity index (χ2n) is 4.85. The molecule has 0 bridgehead atoms. The van der Waals surface area contributed by atoms with Crippen molar-refractivity contribution in [3.05, 3.63) is 49.2 Å². The van der Waals surface area contributed by atoms with Crippen LogP contribution in [0, 0.1) is 10.5 Å². The lowest BCUT2D eigenvalue weighted by molar-refractivity contribution is 0.609. The summed E-state index contributed by atoms with van der Waals surface area (Å²) in [6.07, 6.45) is 3.80. The van der Waals surface area contributed by atoms with Gasteiger partial charge in [-0.3, -0.25) is 0 Å². The summed E-state index contributed by atoms with van der Waals surface area (Å²) in [5.74, 6) is 0. The maximum Gasteiger partial charge on any atom is 0.0524 e. The molecule has 3 heteroatoms. The average molecular weight is 369 g/mol. The fourth-order valence-electron chi connectivity index (χ4n) is 2.52. The smallest absolute Gasteiger partial charge is 0.0524 e. The van der Waals surface area contributed by atoms with Gasteiger partial charge in [0.05, 0.1) is 6.04 Å². The molecule has 1 aromatic heterocycles. The summed E-state index contributed by atoms with van der Waals surface area (Å²) in [6, 6.07) is 9.42. The molecule has 1 aliphatic rings. The molecule has 1 atom stereocenters. The molecule has 1 aromatic carbocycles. The van der Waals surface area contributed by atoms with E-state index in [1.54, 1.807) is 4.88 Å². The van der Waals surface area contributed by atoms with Crippen LogP contribution in [0.3, 0.4) is 0 Å². The van der Waals surface area contributed by atoms with Crippen LogP contribution in [0.4, 0.5) is 5.69 Å². The summed E-state index contributed by atoms with van der Waals surface area (Å²) in [4.78, 5) is 1.57. The molecule has 0 fully saturated rings. The van der Waals surface area contributed by atoms with Gasteiger partial charge in [0.1, 0.15) is 0 Å². The molecule has 0 aliphatic heterocycles. The first-order chi connectivity index (χ1) is 8.74. The quantitative estimate of drug-likeness (QED) is 0.722. The zero-order chi connectivity index (χ0) is 12.5. The molecule has 0 saturated carbocycles.